The number of hydrogen-bond donors (Lipinski definition) is 0. The third kappa shape index (κ3) is 3.81. The van der Waals surface area contributed by atoms with Gasteiger partial charge in [-0.3, -0.25) is 9.69 Å². The van der Waals surface area contributed by atoms with Gasteiger partial charge in [0.05, 0.1) is 30.7 Å². The predicted octanol–water partition coefficient (Wildman–Crippen LogP) is 4.57. The molecule has 0 radical (unpaired) electrons. The van der Waals surface area contributed by atoms with Crippen LogP contribution in [0.4, 0.5) is 23.2 Å². The number of anilines is 1. The molecule has 2 bridgehead atoms. The van der Waals surface area contributed by atoms with Crippen LogP contribution in [0.25, 0.3) is 0 Å². The van der Waals surface area contributed by atoms with Crippen molar-refractivity contribution >= 4 is 11.6 Å². The fraction of sp³-hybridized carbons (Fsp3) is 0.464. The van der Waals surface area contributed by atoms with E-state index in [1.54, 1.807) is 37.4 Å². The molecule has 11 heteroatoms. The predicted molar refractivity (Wildman–Crippen MR) is 133 cm³/mol. The van der Waals surface area contributed by atoms with E-state index in [1.165, 1.54) is 21.9 Å². The highest BCUT2D eigenvalue weighted by molar-refractivity contribution is 6.10. The SMILES string of the molecule is Cn1cnnc1[C@@H](F)C1(c2cccc(N3Cc4c(cc(CN5CC6CC5C6)cc4C(F)(F)F)C3=O)c2)COC1. The summed E-state index contributed by atoms with van der Waals surface area (Å²) in [6, 6.07) is 10.1. The molecule has 1 atom stereocenters. The molecule has 0 spiro atoms. The fourth-order valence-corrected chi connectivity index (χ4v) is 6.61. The molecule has 39 heavy (non-hydrogen) atoms. The number of carbonyl (C=O) groups is 1. The maximum absolute atomic E-state index is 15.8. The van der Waals surface area contributed by atoms with E-state index in [1.807, 2.05) is 0 Å². The van der Waals surface area contributed by atoms with E-state index in [9.17, 15) is 18.0 Å². The third-order valence-corrected chi connectivity index (χ3v) is 8.92. The van der Waals surface area contributed by atoms with E-state index in [2.05, 4.69) is 15.1 Å². The monoisotopic (exact) mass is 541 g/mol. The topological polar surface area (TPSA) is 63.5 Å². The number of halogens is 4. The largest absolute Gasteiger partial charge is 0.416 e. The molecule has 0 unspecified atom stereocenters. The molecule has 3 saturated heterocycles. The summed E-state index contributed by atoms with van der Waals surface area (Å²) in [7, 11) is 1.66. The number of benzene rings is 2. The Hall–Kier alpha value is -3.31. The zero-order chi connectivity index (χ0) is 27.1. The highest BCUT2D eigenvalue weighted by Crippen LogP contribution is 2.47. The van der Waals surface area contributed by atoms with Crippen LogP contribution in [0.5, 0.6) is 0 Å². The number of aryl methyl sites for hydroxylation is 1. The summed E-state index contributed by atoms with van der Waals surface area (Å²) >= 11 is 0. The lowest BCUT2D eigenvalue weighted by Crippen LogP contribution is -2.50. The lowest BCUT2D eigenvalue weighted by atomic mass is 9.74. The van der Waals surface area contributed by atoms with E-state index in [4.69, 9.17) is 4.74 Å². The van der Waals surface area contributed by atoms with Crippen molar-refractivity contribution in [1.82, 2.24) is 19.7 Å². The summed E-state index contributed by atoms with van der Waals surface area (Å²) in [5.74, 6) is 0.313. The van der Waals surface area contributed by atoms with Gasteiger partial charge in [0.1, 0.15) is 6.33 Å². The average molecular weight is 542 g/mol. The van der Waals surface area contributed by atoms with Crippen molar-refractivity contribution in [3.63, 3.8) is 0 Å². The van der Waals surface area contributed by atoms with E-state index >= 15 is 4.39 Å². The fourth-order valence-electron chi connectivity index (χ4n) is 6.61. The Kier molecular flexibility index (Phi) is 5.44. The van der Waals surface area contributed by atoms with E-state index in [-0.39, 0.29) is 36.7 Å². The smallest absolute Gasteiger partial charge is 0.379 e. The molecule has 3 aromatic rings. The molecule has 1 saturated carbocycles. The summed E-state index contributed by atoms with van der Waals surface area (Å²) in [6.45, 7) is 1.32. The van der Waals surface area contributed by atoms with Crippen LogP contribution in [0.15, 0.2) is 42.7 Å². The lowest BCUT2D eigenvalue weighted by Gasteiger charge is -2.43. The number of fused-ring (bicyclic) bond motifs is 2. The first-order chi connectivity index (χ1) is 18.6. The maximum atomic E-state index is 15.8. The Morgan fingerprint density at radius 1 is 1.18 bits per heavy atom. The van der Waals surface area contributed by atoms with Crippen molar-refractivity contribution < 1.29 is 27.1 Å². The molecule has 5 aliphatic rings. The van der Waals surface area contributed by atoms with Gasteiger partial charge in [0.25, 0.3) is 5.91 Å². The molecule has 204 valence electrons. The second-order valence-corrected chi connectivity index (χ2v) is 11.3. The van der Waals surface area contributed by atoms with Gasteiger partial charge >= 0.3 is 6.18 Å². The number of ether oxygens (including phenoxy) is 1. The van der Waals surface area contributed by atoms with Crippen molar-refractivity contribution in [2.24, 2.45) is 13.0 Å². The minimum atomic E-state index is -4.59. The first kappa shape index (κ1) is 24.7. The minimum absolute atomic E-state index is 0.0171. The molecule has 1 aromatic heterocycles. The zero-order valence-corrected chi connectivity index (χ0v) is 21.3. The van der Waals surface area contributed by atoms with Crippen LogP contribution in [0, 0.1) is 5.92 Å². The van der Waals surface area contributed by atoms with Gasteiger partial charge in [-0.15, -0.1) is 10.2 Å². The van der Waals surface area contributed by atoms with Gasteiger partial charge in [-0.25, -0.2) is 4.39 Å². The van der Waals surface area contributed by atoms with E-state index in [0.29, 0.717) is 35.3 Å². The number of rotatable bonds is 6. The highest BCUT2D eigenvalue weighted by atomic mass is 19.4. The first-order valence-electron chi connectivity index (χ1n) is 13.1. The first-order valence-corrected chi connectivity index (χ1v) is 13.1. The molecule has 5 heterocycles. The Balaban J connectivity index is 1.22. The Morgan fingerprint density at radius 2 is 1.97 bits per heavy atom. The van der Waals surface area contributed by atoms with Crippen LogP contribution in [-0.2, 0) is 36.5 Å². The summed E-state index contributed by atoms with van der Waals surface area (Å²) in [6.07, 6.45) is -2.48. The second kappa shape index (κ2) is 8.59. The molecule has 1 amide bonds. The summed E-state index contributed by atoms with van der Waals surface area (Å²) in [5.41, 5.74) is -0.212. The number of nitrogens with zero attached hydrogens (tertiary/aromatic N) is 5. The quantitative estimate of drug-likeness (QED) is 0.428. The van der Waals surface area contributed by atoms with Gasteiger partial charge in [0.2, 0.25) is 0 Å². The van der Waals surface area contributed by atoms with Gasteiger partial charge in [-0.1, -0.05) is 12.1 Å². The van der Waals surface area contributed by atoms with Crippen molar-refractivity contribution in [2.45, 2.75) is 49.7 Å². The van der Waals surface area contributed by atoms with Gasteiger partial charge in [-0.2, -0.15) is 13.2 Å². The van der Waals surface area contributed by atoms with Crippen LogP contribution in [0.2, 0.25) is 0 Å². The van der Waals surface area contributed by atoms with E-state index < -0.39 is 29.2 Å². The third-order valence-electron chi connectivity index (χ3n) is 8.92. The zero-order valence-electron chi connectivity index (χ0n) is 21.3. The normalized spacial score (nSPS) is 24.4. The Bertz CT molecular complexity index is 1460. The lowest BCUT2D eigenvalue weighted by molar-refractivity contribution is -0.138. The number of hydrogen-bond acceptors (Lipinski definition) is 5. The standard InChI is InChI=1S/C28H27F4N5O2/c1-35-15-33-34-25(35)24(29)27(13-39-14-27)18-3-2-4-19(9-18)37-12-22-21(26(37)38)7-17(8-23(22)28(30,31)32)11-36-10-16-5-20(36)6-16/h2-4,7-9,15-16,20,24H,5-6,10-14H2,1H3/t16?,20?,24-/m1/s1. The van der Waals surface area contributed by atoms with Gasteiger partial charge in [-0.05, 0) is 59.7 Å². The van der Waals surface area contributed by atoms with Gasteiger partial charge < -0.3 is 14.2 Å². The van der Waals surface area contributed by atoms with Crippen molar-refractivity contribution in [3.8, 4) is 0 Å². The molecule has 2 aromatic carbocycles. The van der Waals surface area contributed by atoms with Crippen molar-refractivity contribution in [2.75, 3.05) is 24.7 Å². The van der Waals surface area contributed by atoms with Crippen molar-refractivity contribution in [3.05, 3.63) is 76.4 Å². The van der Waals surface area contributed by atoms with Crippen LogP contribution in [0.1, 0.15) is 57.4 Å². The number of aromatic nitrogens is 3. The molecule has 8 rings (SSSR count). The maximum Gasteiger partial charge on any atom is 0.416 e. The Morgan fingerprint density at radius 3 is 2.59 bits per heavy atom. The molecule has 4 aliphatic heterocycles. The molecule has 1 aliphatic carbocycles. The van der Waals surface area contributed by atoms with Crippen LogP contribution < -0.4 is 4.90 Å². The second-order valence-electron chi connectivity index (χ2n) is 11.3. The van der Waals surface area contributed by atoms with Crippen molar-refractivity contribution in [1.29, 1.82) is 0 Å². The molecule has 7 nitrogen and oxygen atoms in total. The van der Waals surface area contributed by atoms with Crippen LogP contribution in [-0.4, -0.2) is 51.4 Å². The summed E-state index contributed by atoms with van der Waals surface area (Å²) in [5, 5.41) is 7.70. The highest BCUT2D eigenvalue weighted by Gasteiger charge is 2.51. The number of carbonyl (C=O) groups excluding carboxylic acids is 1. The minimum Gasteiger partial charge on any atom is -0.379 e. The summed E-state index contributed by atoms with van der Waals surface area (Å²) < 4.78 is 65.3. The molecule has 4 fully saturated rings. The molecule has 0 N–H and O–H groups in total. The van der Waals surface area contributed by atoms with E-state index in [0.717, 1.165) is 19.4 Å². The summed E-state index contributed by atoms with van der Waals surface area (Å²) in [4.78, 5) is 17.1. The van der Waals surface area contributed by atoms with Crippen LogP contribution >= 0.6 is 0 Å². The van der Waals surface area contributed by atoms with Gasteiger partial charge in [0.15, 0.2) is 12.0 Å². The number of alkyl halides is 4. The molecular weight excluding hydrogens is 514 g/mol. The Labute approximate surface area is 222 Å². The van der Waals surface area contributed by atoms with Crippen LogP contribution in [0.3, 0.4) is 0 Å². The molecular formula is C28H27F4N5O2. The average Bonchev–Trinajstić information content (AvgIpc) is 3.61. The number of amides is 1. The van der Waals surface area contributed by atoms with Gasteiger partial charge in [0, 0.05) is 37.4 Å².